The minimum absolute atomic E-state index is 0.190. The Hall–Kier alpha value is -0.660. The molecule has 2 aromatic carbocycles. The zero-order chi connectivity index (χ0) is 15.4. The van der Waals surface area contributed by atoms with Gasteiger partial charge in [0.1, 0.15) is 11.6 Å². The van der Waals surface area contributed by atoms with Crippen molar-refractivity contribution in [1.82, 2.24) is 5.32 Å². The number of nitrogens with one attached hydrogen (secondary N) is 1. The average molecular weight is 464 g/mol. The highest BCUT2D eigenvalue weighted by molar-refractivity contribution is 14.1. The SMILES string of the molecule is CCNC(c1ccc(OC)cc1F)c1cc(Br)ccc1I. The molecule has 0 aliphatic carbocycles. The van der Waals surface area contributed by atoms with Gasteiger partial charge in [0, 0.05) is 19.7 Å². The largest absolute Gasteiger partial charge is 0.497 e. The zero-order valence-corrected chi connectivity index (χ0v) is 15.5. The van der Waals surface area contributed by atoms with Gasteiger partial charge in [0.05, 0.1) is 13.2 Å². The Bertz CT molecular complexity index is 636. The van der Waals surface area contributed by atoms with Gasteiger partial charge in [-0.1, -0.05) is 28.9 Å². The van der Waals surface area contributed by atoms with E-state index >= 15 is 0 Å². The summed E-state index contributed by atoms with van der Waals surface area (Å²) in [5.41, 5.74) is 1.67. The summed E-state index contributed by atoms with van der Waals surface area (Å²) in [6.45, 7) is 2.76. The van der Waals surface area contributed by atoms with Crippen molar-refractivity contribution < 1.29 is 9.13 Å². The van der Waals surface area contributed by atoms with E-state index in [1.807, 2.05) is 25.1 Å². The second-order valence-electron chi connectivity index (χ2n) is 4.54. The first-order valence-corrected chi connectivity index (χ1v) is 8.45. The number of halogens is 3. The fourth-order valence-electron chi connectivity index (χ4n) is 2.20. The van der Waals surface area contributed by atoms with Crippen molar-refractivity contribution >= 4 is 38.5 Å². The first-order valence-electron chi connectivity index (χ1n) is 6.58. The van der Waals surface area contributed by atoms with E-state index in [1.165, 1.54) is 13.2 Å². The predicted octanol–water partition coefficient (Wildman–Crippen LogP) is 4.90. The lowest BCUT2D eigenvalue weighted by molar-refractivity contribution is 0.410. The highest BCUT2D eigenvalue weighted by atomic mass is 127. The number of benzene rings is 2. The van der Waals surface area contributed by atoms with Crippen molar-refractivity contribution in [3.63, 3.8) is 0 Å². The number of hydrogen-bond acceptors (Lipinski definition) is 2. The van der Waals surface area contributed by atoms with E-state index in [-0.39, 0.29) is 11.9 Å². The maximum Gasteiger partial charge on any atom is 0.132 e. The molecular formula is C16H16BrFINO. The molecule has 0 saturated carbocycles. The van der Waals surface area contributed by atoms with Crippen LogP contribution in [-0.4, -0.2) is 13.7 Å². The fourth-order valence-corrected chi connectivity index (χ4v) is 3.22. The molecule has 112 valence electrons. The van der Waals surface area contributed by atoms with Crippen LogP contribution >= 0.6 is 38.5 Å². The van der Waals surface area contributed by atoms with Gasteiger partial charge in [-0.3, -0.25) is 0 Å². The Kier molecular flexibility index (Phi) is 6.01. The highest BCUT2D eigenvalue weighted by Crippen LogP contribution is 2.31. The Morgan fingerprint density at radius 3 is 2.62 bits per heavy atom. The molecule has 0 aromatic heterocycles. The Balaban J connectivity index is 2.50. The summed E-state index contributed by atoms with van der Waals surface area (Å²) in [5, 5.41) is 3.36. The third-order valence-corrected chi connectivity index (χ3v) is 4.67. The molecule has 0 aliphatic rings. The summed E-state index contributed by atoms with van der Waals surface area (Å²) in [6, 6.07) is 10.8. The van der Waals surface area contributed by atoms with Gasteiger partial charge < -0.3 is 10.1 Å². The monoisotopic (exact) mass is 463 g/mol. The molecule has 0 radical (unpaired) electrons. The third-order valence-electron chi connectivity index (χ3n) is 3.20. The van der Waals surface area contributed by atoms with Gasteiger partial charge in [0.2, 0.25) is 0 Å². The van der Waals surface area contributed by atoms with Gasteiger partial charge in [-0.05, 0) is 59.0 Å². The molecule has 1 unspecified atom stereocenters. The molecule has 0 heterocycles. The van der Waals surface area contributed by atoms with Crippen molar-refractivity contribution in [2.75, 3.05) is 13.7 Å². The van der Waals surface area contributed by atoms with Crippen LogP contribution in [0.3, 0.4) is 0 Å². The van der Waals surface area contributed by atoms with Gasteiger partial charge in [-0.25, -0.2) is 4.39 Å². The lowest BCUT2D eigenvalue weighted by Gasteiger charge is -2.21. The topological polar surface area (TPSA) is 21.3 Å². The Morgan fingerprint density at radius 1 is 1.24 bits per heavy atom. The number of hydrogen-bond donors (Lipinski definition) is 1. The van der Waals surface area contributed by atoms with E-state index in [4.69, 9.17) is 4.74 Å². The van der Waals surface area contributed by atoms with E-state index in [0.717, 1.165) is 20.2 Å². The standard InChI is InChI=1S/C16H16BrFINO/c1-3-20-16(13-8-10(17)4-7-15(13)19)12-6-5-11(21-2)9-14(12)18/h4-9,16,20H,3H2,1-2H3. The van der Waals surface area contributed by atoms with Crippen LogP contribution in [0.4, 0.5) is 4.39 Å². The summed E-state index contributed by atoms with van der Waals surface area (Å²) in [4.78, 5) is 0. The van der Waals surface area contributed by atoms with Gasteiger partial charge in [0.15, 0.2) is 0 Å². The molecule has 1 atom stereocenters. The van der Waals surface area contributed by atoms with Crippen LogP contribution in [0.25, 0.3) is 0 Å². The molecule has 0 amide bonds. The van der Waals surface area contributed by atoms with Crippen molar-refractivity contribution in [2.24, 2.45) is 0 Å². The molecule has 1 N–H and O–H groups in total. The second kappa shape index (κ2) is 7.56. The van der Waals surface area contributed by atoms with Crippen molar-refractivity contribution in [3.05, 3.63) is 61.4 Å². The highest BCUT2D eigenvalue weighted by Gasteiger charge is 2.20. The van der Waals surface area contributed by atoms with E-state index in [2.05, 4.69) is 43.8 Å². The molecule has 2 nitrogen and oxygen atoms in total. The molecule has 0 aliphatic heterocycles. The Labute approximate surface area is 146 Å². The second-order valence-corrected chi connectivity index (χ2v) is 6.62. The molecule has 0 saturated heterocycles. The first-order chi connectivity index (χ1) is 10.1. The number of ether oxygens (including phenoxy) is 1. The molecule has 5 heteroatoms. The van der Waals surface area contributed by atoms with Crippen LogP contribution in [-0.2, 0) is 0 Å². The first kappa shape index (κ1) is 16.7. The quantitative estimate of drug-likeness (QED) is 0.636. The molecule has 0 fully saturated rings. The van der Waals surface area contributed by atoms with Gasteiger partial charge in [0.25, 0.3) is 0 Å². The lowest BCUT2D eigenvalue weighted by atomic mass is 9.98. The molecular weight excluding hydrogens is 448 g/mol. The van der Waals surface area contributed by atoms with Gasteiger partial charge in [-0.2, -0.15) is 0 Å². The maximum atomic E-state index is 14.4. The molecule has 0 bridgehead atoms. The van der Waals surface area contributed by atoms with Crippen LogP contribution in [0.5, 0.6) is 5.75 Å². The smallest absolute Gasteiger partial charge is 0.132 e. The van der Waals surface area contributed by atoms with Crippen LogP contribution < -0.4 is 10.1 Å². The summed E-state index contributed by atoms with van der Waals surface area (Å²) < 4.78 is 21.5. The molecule has 0 spiro atoms. The van der Waals surface area contributed by atoms with Crippen molar-refractivity contribution in [1.29, 1.82) is 0 Å². The molecule has 2 rings (SSSR count). The summed E-state index contributed by atoms with van der Waals surface area (Å²) >= 11 is 5.76. The third kappa shape index (κ3) is 3.96. The lowest BCUT2D eigenvalue weighted by Crippen LogP contribution is -2.24. The Morgan fingerprint density at radius 2 is 2.00 bits per heavy atom. The van der Waals surface area contributed by atoms with Gasteiger partial charge >= 0.3 is 0 Å². The summed E-state index contributed by atoms with van der Waals surface area (Å²) in [7, 11) is 1.54. The van der Waals surface area contributed by atoms with E-state index in [9.17, 15) is 4.39 Å². The zero-order valence-electron chi connectivity index (χ0n) is 11.8. The van der Waals surface area contributed by atoms with E-state index in [0.29, 0.717) is 11.3 Å². The van der Waals surface area contributed by atoms with Crippen LogP contribution in [0.1, 0.15) is 24.1 Å². The van der Waals surface area contributed by atoms with E-state index < -0.39 is 0 Å². The number of rotatable bonds is 5. The van der Waals surface area contributed by atoms with Crippen LogP contribution in [0, 0.1) is 9.39 Å². The van der Waals surface area contributed by atoms with Crippen LogP contribution in [0.15, 0.2) is 40.9 Å². The minimum Gasteiger partial charge on any atom is -0.497 e. The molecule has 21 heavy (non-hydrogen) atoms. The summed E-state index contributed by atoms with van der Waals surface area (Å²) in [6.07, 6.45) is 0. The average Bonchev–Trinajstić information content (AvgIpc) is 2.48. The normalized spacial score (nSPS) is 12.2. The summed E-state index contributed by atoms with van der Waals surface area (Å²) in [5.74, 6) is 0.256. The predicted molar refractivity (Wildman–Crippen MR) is 95.3 cm³/mol. The van der Waals surface area contributed by atoms with Gasteiger partial charge in [-0.15, -0.1) is 0 Å². The van der Waals surface area contributed by atoms with Crippen molar-refractivity contribution in [3.8, 4) is 5.75 Å². The molecule has 2 aromatic rings. The van der Waals surface area contributed by atoms with Crippen LogP contribution in [0.2, 0.25) is 0 Å². The maximum absolute atomic E-state index is 14.4. The van der Waals surface area contributed by atoms with E-state index in [1.54, 1.807) is 12.1 Å². The van der Waals surface area contributed by atoms with Crippen molar-refractivity contribution in [2.45, 2.75) is 13.0 Å². The number of methoxy groups -OCH3 is 1. The minimum atomic E-state index is -0.268. The fraction of sp³-hybridized carbons (Fsp3) is 0.250.